The summed E-state index contributed by atoms with van der Waals surface area (Å²) in [5.74, 6) is 1.78. The monoisotopic (exact) mass is 314 g/mol. The van der Waals surface area contributed by atoms with E-state index in [4.69, 9.17) is 0 Å². The van der Waals surface area contributed by atoms with E-state index < -0.39 is 0 Å². The number of rotatable bonds is 7. The van der Waals surface area contributed by atoms with Gasteiger partial charge < -0.3 is 20.1 Å². The van der Waals surface area contributed by atoms with Crippen LogP contribution >= 0.6 is 0 Å². The van der Waals surface area contributed by atoms with E-state index >= 15 is 0 Å². The molecule has 0 bridgehead atoms. The number of nitrogens with zero attached hydrogens (tertiary/aromatic N) is 4. The molecule has 2 rings (SSSR count). The van der Waals surface area contributed by atoms with Gasteiger partial charge in [-0.15, -0.1) is 0 Å². The van der Waals surface area contributed by atoms with Crippen LogP contribution in [0.5, 0.6) is 0 Å². The Bertz CT molecular complexity index is 603. The molecular weight excluding hydrogens is 288 g/mol. The van der Waals surface area contributed by atoms with Crippen LogP contribution in [0.2, 0.25) is 0 Å². The van der Waals surface area contributed by atoms with Crippen LogP contribution < -0.4 is 15.5 Å². The molecule has 0 aliphatic heterocycles. The molecule has 0 saturated heterocycles. The van der Waals surface area contributed by atoms with Gasteiger partial charge in [0.15, 0.2) is 5.96 Å². The summed E-state index contributed by atoms with van der Waals surface area (Å²) in [5, 5.41) is 6.64. The molecule has 6 heteroatoms. The lowest BCUT2D eigenvalue weighted by molar-refractivity contribution is 0.665. The molecule has 0 atom stereocenters. The zero-order valence-electron chi connectivity index (χ0n) is 14.2. The summed E-state index contributed by atoms with van der Waals surface area (Å²) in [5.41, 5.74) is 1.11. The highest BCUT2D eigenvalue weighted by atomic mass is 15.2. The highest BCUT2D eigenvalue weighted by Gasteiger charge is 2.05. The maximum Gasteiger partial charge on any atom is 0.191 e. The van der Waals surface area contributed by atoms with Gasteiger partial charge >= 0.3 is 0 Å². The number of aromatic nitrogens is 2. The van der Waals surface area contributed by atoms with Gasteiger partial charge in [-0.3, -0.25) is 0 Å². The van der Waals surface area contributed by atoms with Gasteiger partial charge in [0, 0.05) is 57.9 Å². The molecule has 0 aliphatic carbocycles. The van der Waals surface area contributed by atoms with Gasteiger partial charge in [-0.05, 0) is 25.1 Å². The summed E-state index contributed by atoms with van der Waals surface area (Å²) >= 11 is 0. The summed E-state index contributed by atoms with van der Waals surface area (Å²) in [6, 6.07) is 8.08. The molecule has 6 nitrogen and oxygen atoms in total. The molecule has 0 aliphatic rings. The minimum atomic E-state index is 0.597. The fourth-order valence-electron chi connectivity index (χ4n) is 2.28. The summed E-state index contributed by atoms with van der Waals surface area (Å²) in [4.78, 5) is 11.1. The van der Waals surface area contributed by atoms with Gasteiger partial charge in [-0.25, -0.2) is 9.98 Å². The Kier molecular flexibility index (Phi) is 6.47. The zero-order chi connectivity index (χ0) is 16.5. The number of aliphatic imine (C=N–C) groups is 1. The second-order valence-electron chi connectivity index (χ2n) is 5.42. The van der Waals surface area contributed by atoms with Crippen LogP contribution in [0.3, 0.4) is 0 Å². The van der Waals surface area contributed by atoms with Crippen molar-refractivity contribution in [3.8, 4) is 0 Å². The minimum absolute atomic E-state index is 0.597. The summed E-state index contributed by atoms with van der Waals surface area (Å²) in [6.07, 6.45) is 5.93. The first kappa shape index (κ1) is 16.9. The van der Waals surface area contributed by atoms with Crippen LogP contribution in [-0.4, -0.2) is 42.7 Å². The number of nitrogens with one attached hydrogen (secondary N) is 2. The van der Waals surface area contributed by atoms with Crippen LogP contribution in [-0.2, 0) is 13.1 Å². The first-order valence-electron chi connectivity index (χ1n) is 7.95. The number of anilines is 1. The van der Waals surface area contributed by atoms with Gasteiger partial charge in [0.25, 0.3) is 0 Å². The maximum absolute atomic E-state index is 4.66. The number of hydrogen-bond donors (Lipinski definition) is 2. The molecule has 0 amide bonds. The van der Waals surface area contributed by atoms with Crippen molar-refractivity contribution in [3.05, 3.63) is 48.4 Å². The largest absolute Gasteiger partial charge is 0.362 e. The van der Waals surface area contributed by atoms with Gasteiger partial charge in [0.2, 0.25) is 0 Å². The number of hydrogen-bond acceptors (Lipinski definition) is 3. The number of guanidine groups is 1. The Balaban J connectivity index is 1.95. The lowest BCUT2D eigenvalue weighted by Crippen LogP contribution is -2.38. The average molecular weight is 314 g/mol. The Morgan fingerprint density at radius 1 is 1.22 bits per heavy atom. The molecule has 0 saturated carbocycles. The second kappa shape index (κ2) is 8.82. The molecule has 0 fully saturated rings. The van der Waals surface area contributed by atoms with E-state index in [9.17, 15) is 0 Å². The van der Waals surface area contributed by atoms with Crippen molar-refractivity contribution in [3.63, 3.8) is 0 Å². The fourth-order valence-corrected chi connectivity index (χ4v) is 2.28. The molecule has 2 heterocycles. The van der Waals surface area contributed by atoms with Crippen molar-refractivity contribution in [1.82, 2.24) is 20.2 Å². The standard InChI is InChI=1S/C17H26N6/c1-4-18-17(20-10-13-23-11-5-6-12-23)21-14-15-8-7-9-19-16(15)22(2)3/h5-9,11-12H,4,10,13-14H2,1-3H3,(H2,18,20,21). The topological polar surface area (TPSA) is 57.5 Å². The minimum Gasteiger partial charge on any atom is -0.362 e. The van der Waals surface area contributed by atoms with E-state index in [0.29, 0.717) is 6.54 Å². The first-order valence-corrected chi connectivity index (χ1v) is 7.95. The third kappa shape index (κ3) is 5.32. The predicted molar refractivity (Wildman–Crippen MR) is 95.8 cm³/mol. The third-order valence-electron chi connectivity index (χ3n) is 3.37. The highest BCUT2D eigenvalue weighted by Crippen LogP contribution is 2.15. The zero-order valence-corrected chi connectivity index (χ0v) is 14.2. The normalized spacial score (nSPS) is 11.3. The Labute approximate surface area is 138 Å². The lowest BCUT2D eigenvalue weighted by Gasteiger charge is -2.15. The van der Waals surface area contributed by atoms with Crippen molar-refractivity contribution in [1.29, 1.82) is 0 Å². The highest BCUT2D eigenvalue weighted by molar-refractivity contribution is 5.79. The van der Waals surface area contributed by atoms with Crippen molar-refractivity contribution in [2.75, 3.05) is 32.1 Å². The maximum atomic E-state index is 4.66. The average Bonchev–Trinajstić information content (AvgIpc) is 3.06. The van der Waals surface area contributed by atoms with Gasteiger partial charge in [0.05, 0.1) is 6.54 Å². The van der Waals surface area contributed by atoms with Crippen molar-refractivity contribution >= 4 is 11.8 Å². The van der Waals surface area contributed by atoms with E-state index in [0.717, 1.165) is 37.0 Å². The van der Waals surface area contributed by atoms with E-state index in [-0.39, 0.29) is 0 Å². The van der Waals surface area contributed by atoms with Crippen LogP contribution in [0.25, 0.3) is 0 Å². The molecule has 2 N–H and O–H groups in total. The van der Waals surface area contributed by atoms with Crippen LogP contribution in [0.1, 0.15) is 12.5 Å². The molecule has 0 aromatic carbocycles. The summed E-state index contributed by atoms with van der Waals surface area (Å²) in [7, 11) is 3.99. The quantitative estimate of drug-likeness (QED) is 0.603. The van der Waals surface area contributed by atoms with Crippen molar-refractivity contribution in [2.45, 2.75) is 20.0 Å². The Morgan fingerprint density at radius 2 is 2.00 bits per heavy atom. The molecule has 0 radical (unpaired) electrons. The Morgan fingerprint density at radius 3 is 2.70 bits per heavy atom. The van der Waals surface area contributed by atoms with Crippen LogP contribution in [0, 0.1) is 0 Å². The smallest absolute Gasteiger partial charge is 0.191 e. The second-order valence-corrected chi connectivity index (χ2v) is 5.42. The SMILES string of the molecule is CCNC(=NCc1cccnc1N(C)C)NCCn1cccc1. The van der Waals surface area contributed by atoms with E-state index in [1.807, 2.05) is 43.4 Å². The Hall–Kier alpha value is -2.50. The van der Waals surface area contributed by atoms with E-state index in [1.165, 1.54) is 0 Å². The molecule has 23 heavy (non-hydrogen) atoms. The van der Waals surface area contributed by atoms with Crippen molar-refractivity contribution in [2.24, 2.45) is 4.99 Å². The third-order valence-corrected chi connectivity index (χ3v) is 3.37. The molecule has 2 aromatic heterocycles. The van der Waals surface area contributed by atoms with Gasteiger partial charge in [-0.1, -0.05) is 6.07 Å². The fraction of sp³-hybridized carbons (Fsp3) is 0.412. The molecular formula is C17H26N6. The number of pyridine rings is 1. The first-order chi connectivity index (χ1) is 11.2. The van der Waals surface area contributed by atoms with Gasteiger partial charge in [-0.2, -0.15) is 0 Å². The molecule has 124 valence electrons. The van der Waals surface area contributed by atoms with E-state index in [2.05, 4.69) is 50.6 Å². The molecule has 0 unspecified atom stereocenters. The lowest BCUT2D eigenvalue weighted by atomic mass is 10.2. The molecule has 0 spiro atoms. The van der Waals surface area contributed by atoms with E-state index in [1.54, 1.807) is 0 Å². The van der Waals surface area contributed by atoms with Crippen LogP contribution in [0.4, 0.5) is 5.82 Å². The predicted octanol–water partition coefficient (Wildman–Crippen LogP) is 1.70. The molecule has 2 aromatic rings. The summed E-state index contributed by atoms with van der Waals surface area (Å²) in [6.45, 7) is 5.24. The van der Waals surface area contributed by atoms with Crippen LogP contribution in [0.15, 0.2) is 47.8 Å². The van der Waals surface area contributed by atoms with Gasteiger partial charge in [0.1, 0.15) is 5.82 Å². The summed E-state index contributed by atoms with van der Waals surface area (Å²) < 4.78 is 2.14. The van der Waals surface area contributed by atoms with Crippen molar-refractivity contribution < 1.29 is 0 Å².